The number of aliphatic hydroxyl groups excluding tert-OH is 1. The van der Waals surface area contributed by atoms with E-state index < -0.39 is 97.5 Å². The fourth-order valence-electron chi connectivity index (χ4n) is 10.0. The number of hydrogen-bond donors (Lipinski definition) is 3. The Balaban J connectivity index is 5.21. The van der Waals surface area contributed by atoms with Gasteiger partial charge in [-0.3, -0.25) is 37.3 Å². The summed E-state index contributed by atoms with van der Waals surface area (Å²) in [5.41, 5.74) is 0. The number of hydrogen-bond acceptors (Lipinski definition) is 15. The van der Waals surface area contributed by atoms with Crippen LogP contribution in [0.2, 0.25) is 0 Å². The van der Waals surface area contributed by atoms with Gasteiger partial charge in [-0.05, 0) is 37.5 Å². The van der Waals surface area contributed by atoms with Crippen LogP contribution in [0, 0.1) is 11.8 Å². The topological polar surface area (TPSA) is 237 Å². The second-order valence-corrected chi connectivity index (χ2v) is 27.8. The minimum absolute atomic E-state index is 0.103. The van der Waals surface area contributed by atoms with Gasteiger partial charge in [0, 0.05) is 25.7 Å². The van der Waals surface area contributed by atoms with Gasteiger partial charge in [0.2, 0.25) is 0 Å². The van der Waals surface area contributed by atoms with Crippen LogP contribution < -0.4 is 0 Å². The average molecular weight is 1270 g/mol. The molecule has 19 heteroatoms. The largest absolute Gasteiger partial charge is 0.472 e. The molecule has 3 N–H and O–H groups in total. The highest BCUT2D eigenvalue weighted by atomic mass is 31.2. The number of carbonyl (C=O) groups is 4. The van der Waals surface area contributed by atoms with Crippen LogP contribution in [0.25, 0.3) is 0 Å². The molecule has 0 saturated carbocycles. The van der Waals surface area contributed by atoms with Crippen LogP contribution in [0.4, 0.5) is 0 Å². The molecule has 0 aliphatic rings. The van der Waals surface area contributed by atoms with Gasteiger partial charge < -0.3 is 33.8 Å². The first-order valence-electron chi connectivity index (χ1n) is 35.0. The van der Waals surface area contributed by atoms with Crippen LogP contribution in [0.3, 0.4) is 0 Å². The summed E-state index contributed by atoms with van der Waals surface area (Å²) in [7, 11) is -9.89. The van der Waals surface area contributed by atoms with Gasteiger partial charge in [-0.15, -0.1) is 0 Å². The highest BCUT2D eigenvalue weighted by Crippen LogP contribution is 2.45. The number of esters is 4. The van der Waals surface area contributed by atoms with Crippen LogP contribution in [0.5, 0.6) is 0 Å². The SMILES string of the molecule is CCCCCCCCCCCCCCCCCCCC(=O)O[C@H](COC(=O)CCCCCCCCCC(C)C)COP(=O)(O)OC[C@@H](O)COP(=O)(O)OC[C@@H](COC(=O)CCCCCCCCCCC)OC(=O)CCCCCCCCC(C)CC. The van der Waals surface area contributed by atoms with Crippen molar-refractivity contribution in [3.05, 3.63) is 0 Å². The maximum absolute atomic E-state index is 13.0. The molecule has 0 aromatic carbocycles. The molecule has 0 aromatic rings. The molecular weight excluding hydrogens is 1140 g/mol. The first kappa shape index (κ1) is 84.1. The highest BCUT2D eigenvalue weighted by Gasteiger charge is 2.30. The normalized spacial score (nSPS) is 14.5. The van der Waals surface area contributed by atoms with E-state index in [2.05, 4.69) is 41.5 Å². The Hall–Kier alpha value is -1.94. The van der Waals surface area contributed by atoms with E-state index in [1.165, 1.54) is 148 Å². The minimum Gasteiger partial charge on any atom is -0.462 e. The molecule has 0 heterocycles. The monoisotopic (exact) mass is 1270 g/mol. The molecule has 0 saturated heterocycles. The van der Waals surface area contributed by atoms with E-state index in [0.717, 1.165) is 102 Å². The fraction of sp³-hybridized carbons (Fsp3) is 0.940. The number of rotatable bonds is 66. The van der Waals surface area contributed by atoms with Crippen molar-refractivity contribution in [1.82, 2.24) is 0 Å². The molecule has 0 rings (SSSR count). The van der Waals surface area contributed by atoms with Gasteiger partial charge in [0.15, 0.2) is 12.2 Å². The number of aliphatic hydroxyl groups is 1. The predicted octanol–water partition coefficient (Wildman–Crippen LogP) is 18.8. The zero-order valence-corrected chi connectivity index (χ0v) is 57.4. The summed E-state index contributed by atoms with van der Waals surface area (Å²) < 4.78 is 68.1. The van der Waals surface area contributed by atoms with Crippen molar-refractivity contribution in [2.24, 2.45) is 11.8 Å². The molecule has 17 nitrogen and oxygen atoms in total. The first-order valence-corrected chi connectivity index (χ1v) is 38.0. The Kier molecular flexibility index (Phi) is 58.0. The van der Waals surface area contributed by atoms with E-state index in [-0.39, 0.29) is 25.7 Å². The van der Waals surface area contributed by atoms with Crippen molar-refractivity contribution >= 4 is 39.5 Å². The second kappa shape index (κ2) is 59.4. The van der Waals surface area contributed by atoms with E-state index in [9.17, 15) is 43.2 Å². The van der Waals surface area contributed by atoms with E-state index in [1.807, 2.05) is 0 Å². The molecule has 6 atom stereocenters. The van der Waals surface area contributed by atoms with Crippen molar-refractivity contribution in [3.63, 3.8) is 0 Å². The maximum atomic E-state index is 13.0. The molecular formula is C67H130O17P2. The number of carbonyl (C=O) groups excluding carboxylic acids is 4. The Morgan fingerprint density at radius 1 is 0.337 bits per heavy atom. The number of ether oxygens (including phenoxy) is 4. The van der Waals surface area contributed by atoms with Gasteiger partial charge in [0.05, 0.1) is 26.4 Å². The lowest BCUT2D eigenvalue weighted by atomic mass is 10.00. The molecule has 0 radical (unpaired) electrons. The number of phosphoric acid groups is 2. The fourth-order valence-corrected chi connectivity index (χ4v) is 11.6. The molecule has 0 amide bonds. The lowest BCUT2D eigenvalue weighted by molar-refractivity contribution is -0.161. The lowest BCUT2D eigenvalue weighted by Crippen LogP contribution is -2.30. The summed E-state index contributed by atoms with van der Waals surface area (Å²) in [4.78, 5) is 72.3. The molecule has 3 unspecified atom stereocenters. The maximum Gasteiger partial charge on any atom is 0.472 e. The Morgan fingerprint density at radius 3 is 0.884 bits per heavy atom. The molecule has 0 aliphatic carbocycles. The molecule has 0 aliphatic heterocycles. The van der Waals surface area contributed by atoms with Gasteiger partial charge >= 0.3 is 39.5 Å². The second-order valence-electron chi connectivity index (χ2n) is 24.9. The highest BCUT2D eigenvalue weighted by molar-refractivity contribution is 7.47. The third kappa shape index (κ3) is 59.7. The molecule has 0 fully saturated rings. The summed E-state index contributed by atoms with van der Waals surface area (Å²) in [5, 5.41) is 10.6. The van der Waals surface area contributed by atoms with Gasteiger partial charge in [0.1, 0.15) is 19.3 Å². The summed E-state index contributed by atoms with van der Waals surface area (Å²) in [6.07, 6.45) is 43.2. The molecule has 86 heavy (non-hydrogen) atoms. The summed E-state index contributed by atoms with van der Waals surface area (Å²) in [5.74, 6) is -0.708. The van der Waals surface area contributed by atoms with Crippen LogP contribution in [-0.2, 0) is 65.4 Å². The van der Waals surface area contributed by atoms with Crippen LogP contribution in [-0.4, -0.2) is 96.7 Å². The average Bonchev–Trinajstić information content (AvgIpc) is 3.69. The third-order valence-corrected chi connectivity index (χ3v) is 17.7. The minimum atomic E-state index is -4.95. The van der Waals surface area contributed by atoms with Gasteiger partial charge in [-0.1, -0.05) is 286 Å². The standard InChI is InChI=1S/C67H130O17P2/c1-7-10-12-14-16-18-19-20-21-22-23-24-25-27-31-39-45-51-66(71)83-62(55-78-65(70)50-44-38-32-28-29-35-41-47-59(4)5)57-81-85(73,74)79-53-61(68)54-80-86(75,76)82-58-63(56-77-64(69)49-43-37-30-26-17-15-13-11-8-2)84-67(72)52-46-40-34-33-36-42-48-60(6)9-3/h59-63,68H,7-58H2,1-6H3,(H,73,74)(H,75,76)/t60?,61-,62-,63-/m1/s1. The van der Waals surface area contributed by atoms with Crippen LogP contribution in [0.15, 0.2) is 0 Å². The molecule has 0 aromatic heterocycles. The first-order chi connectivity index (χ1) is 41.4. The van der Waals surface area contributed by atoms with E-state index >= 15 is 0 Å². The lowest BCUT2D eigenvalue weighted by Gasteiger charge is -2.21. The van der Waals surface area contributed by atoms with Crippen molar-refractivity contribution in [3.8, 4) is 0 Å². The quantitative estimate of drug-likeness (QED) is 0.0222. The van der Waals surface area contributed by atoms with Crippen molar-refractivity contribution in [2.75, 3.05) is 39.6 Å². The smallest absolute Gasteiger partial charge is 0.462 e. The van der Waals surface area contributed by atoms with E-state index in [4.69, 9.17) is 37.0 Å². The van der Waals surface area contributed by atoms with Crippen molar-refractivity contribution in [1.29, 1.82) is 0 Å². The zero-order valence-electron chi connectivity index (χ0n) is 55.6. The van der Waals surface area contributed by atoms with Crippen LogP contribution in [0.1, 0.15) is 337 Å². The summed E-state index contributed by atoms with van der Waals surface area (Å²) in [6, 6.07) is 0. The number of phosphoric ester groups is 2. The Morgan fingerprint density at radius 2 is 0.593 bits per heavy atom. The molecule has 510 valence electrons. The van der Waals surface area contributed by atoms with Crippen molar-refractivity contribution in [2.45, 2.75) is 355 Å². The predicted molar refractivity (Wildman–Crippen MR) is 345 cm³/mol. The van der Waals surface area contributed by atoms with E-state index in [0.29, 0.717) is 31.6 Å². The summed E-state index contributed by atoms with van der Waals surface area (Å²) in [6.45, 7) is 9.40. The van der Waals surface area contributed by atoms with Gasteiger partial charge in [0.25, 0.3) is 0 Å². The molecule has 0 bridgehead atoms. The van der Waals surface area contributed by atoms with Crippen molar-refractivity contribution < 1.29 is 80.2 Å². The van der Waals surface area contributed by atoms with Gasteiger partial charge in [-0.2, -0.15) is 0 Å². The third-order valence-electron chi connectivity index (χ3n) is 15.8. The van der Waals surface area contributed by atoms with Gasteiger partial charge in [-0.25, -0.2) is 9.13 Å². The number of unbranched alkanes of at least 4 members (excludes halogenated alkanes) is 35. The van der Waals surface area contributed by atoms with Crippen LogP contribution >= 0.6 is 15.6 Å². The Bertz CT molecular complexity index is 1690. The van der Waals surface area contributed by atoms with E-state index in [1.54, 1.807) is 0 Å². The molecule has 0 spiro atoms. The Labute approximate surface area is 524 Å². The zero-order chi connectivity index (χ0) is 63.6. The summed E-state index contributed by atoms with van der Waals surface area (Å²) >= 11 is 0.